The highest BCUT2D eigenvalue weighted by Crippen LogP contribution is 2.23. The molecule has 2 aromatic rings. The van der Waals surface area contributed by atoms with Crippen molar-refractivity contribution in [3.8, 4) is 5.75 Å². The predicted molar refractivity (Wildman–Crippen MR) is 151 cm³/mol. The zero-order valence-corrected chi connectivity index (χ0v) is 23.8. The summed E-state index contributed by atoms with van der Waals surface area (Å²) in [5.41, 5.74) is 2.55. The van der Waals surface area contributed by atoms with Gasteiger partial charge in [0.1, 0.15) is 11.8 Å². The Hall–Kier alpha value is -3.07. The highest BCUT2D eigenvalue weighted by atomic mass is 32.2. The van der Waals surface area contributed by atoms with Crippen molar-refractivity contribution in [2.24, 2.45) is 0 Å². The second kappa shape index (κ2) is 13.6. The summed E-state index contributed by atoms with van der Waals surface area (Å²) in [7, 11) is -3.55. The molecule has 9 heteroatoms. The monoisotopic (exact) mass is 543 g/mol. The minimum Gasteiger partial charge on any atom is -0.494 e. The smallest absolute Gasteiger partial charge is 0.242 e. The average molecular weight is 544 g/mol. The molecule has 1 atom stereocenters. The lowest BCUT2D eigenvalue weighted by Crippen LogP contribution is -2.49. The first kappa shape index (κ1) is 29.5. The third-order valence-corrected chi connectivity index (χ3v) is 8.09. The second-order valence-electron chi connectivity index (χ2n) is 10.0. The van der Waals surface area contributed by atoms with Crippen molar-refractivity contribution in [1.29, 1.82) is 0 Å². The van der Waals surface area contributed by atoms with Crippen LogP contribution in [0.4, 0.5) is 5.69 Å². The number of anilines is 1. The van der Waals surface area contributed by atoms with Crippen LogP contribution in [0.2, 0.25) is 0 Å². The first-order chi connectivity index (χ1) is 18.1. The topological polar surface area (TPSA) is 96.0 Å². The van der Waals surface area contributed by atoms with Gasteiger partial charge in [0.15, 0.2) is 0 Å². The molecular weight excluding hydrogens is 502 g/mol. The molecule has 208 valence electrons. The van der Waals surface area contributed by atoms with Crippen LogP contribution in [-0.4, -0.2) is 56.6 Å². The molecule has 0 heterocycles. The molecule has 8 nitrogen and oxygen atoms in total. The van der Waals surface area contributed by atoms with E-state index in [-0.39, 0.29) is 30.8 Å². The van der Waals surface area contributed by atoms with Crippen LogP contribution < -0.4 is 14.4 Å². The molecule has 0 aromatic heterocycles. The van der Waals surface area contributed by atoms with Crippen LogP contribution in [0.5, 0.6) is 5.75 Å². The van der Waals surface area contributed by atoms with Crippen LogP contribution >= 0.6 is 0 Å². The number of carbonyl (C=O) groups excluding carboxylic acids is 2. The van der Waals surface area contributed by atoms with Crippen LogP contribution in [0.1, 0.15) is 63.5 Å². The van der Waals surface area contributed by atoms with Crippen LogP contribution in [0.25, 0.3) is 0 Å². The van der Waals surface area contributed by atoms with E-state index in [1.54, 1.807) is 36.1 Å². The van der Waals surface area contributed by atoms with Gasteiger partial charge >= 0.3 is 0 Å². The molecule has 0 saturated heterocycles. The lowest BCUT2D eigenvalue weighted by molar-refractivity contribution is -0.141. The number of aryl methyl sites for hydroxylation is 1. The summed E-state index contributed by atoms with van der Waals surface area (Å²) >= 11 is 0. The van der Waals surface area contributed by atoms with Gasteiger partial charge < -0.3 is 15.0 Å². The van der Waals surface area contributed by atoms with Gasteiger partial charge in [-0.1, -0.05) is 42.7 Å². The molecule has 1 aliphatic rings. The Kier molecular flexibility index (Phi) is 10.6. The van der Waals surface area contributed by atoms with Gasteiger partial charge in [-0.25, -0.2) is 8.42 Å². The molecule has 0 spiro atoms. The number of amides is 2. The van der Waals surface area contributed by atoms with Gasteiger partial charge in [0.05, 0.1) is 18.6 Å². The van der Waals surface area contributed by atoms with Crippen LogP contribution in [-0.2, 0) is 26.2 Å². The first-order valence-corrected chi connectivity index (χ1v) is 15.3. The van der Waals surface area contributed by atoms with E-state index in [1.165, 1.54) is 4.31 Å². The standard InChI is InChI=1S/C29H41N3O5S/c1-5-37-27-17-15-26(16-18-27)32(38(4,35)36)19-9-14-28(33)31(21-24-11-8-10-22(2)20-24)23(3)29(34)30-25-12-6-7-13-25/h8,10-11,15-18,20,23,25H,5-7,9,12-14,19,21H2,1-4H3,(H,30,34). The fourth-order valence-electron chi connectivity index (χ4n) is 4.86. The summed E-state index contributed by atoms with van der Waals surface area (Å²) in [4.78, 5) is 28.1. The largest absolute Gasteiger partial charge is 0.494 e. The Balaban J connectivity index is 1.70. The van der Waals surface area contributed by atoms with E-state index < -0.39 is 16.1 Å². The Bertz CT molecular complexity index is 1180. The third kappa shape index (κ3) is 8.48. The van der Waals surface area contributed by atoms with E-state index in [0.29, 0.717) is 31.0 Å². The number of benzene rings is 2. The Labute approximate surface area is 227 Å². The fourth-order valence-corrected chi connectivity index (χ4v) is 5.83. The fraction of sp³-hybridized carbons (Fsp3) is 0.517. The summed E-state index contributed by atoms with van der Waals surface area (Å²) in [6, 6.07) is 14.3. The normalized spacial score (nSPS) is 14.6. The summed E-state index contributed by atoms with van der Waals surface area (Å²) in [5.74, 6) is 0.335. The van der Waals surface area contributed by atoms with E-state index in [0.717, 1.165) is 43.1 Å². The van der Waals surface area contributed by atoms with E-state index in [2.05, 4.69) is 5.32 Å². The predicted octanol–water partition coefficient (Wildman–Crippen LogP) is 4.42. The number of nitrogens with zero attached hydrogens (tertiary/aromatic N) is 2. The third-order valence-electron chi connectivity index (χ3n) is 6.89. The van der Waals surface area contributed by atoms with Gasteiger partial charge in [-0.2, -0.15) is 0 Å². The van der Waals surface area contributed by atoms with Crippen molar-refractivity contribution in [1.82, 2.24) is 10.2 Å². The van der Waals surface area contributed by atoms with Crippen LogP contribution in [0, 0.1) is 6.92 Å². The number of rotatable bonds is 13. The quantitative estimate of drug-likeness (QED) is 0.404. The molecule has 1 N–H and O–H groups in total. The molecule has 1 unspecified atom stereocenters. The zero-order valence-electron chi connectivity index (χ0n) is 23.0. The zero-order chi connectivity index (χ0) is 27.7. The molecule has 1 saturated carbocycles. The molecule has 2 aromatic carbocycles. The van der Waals surface area contributed by atoms with Crippen molar-refractivity contribution < 1.29 is 22.7 Å². The number of nitrogens with one attached hydrogen (secondary N) is 1. The van der Waals surface area contributed by atoms with Crippen LogP contribution in [0.3, 0.4) is 0 Å². The number of ether oxygens (including phenoxy) is 1. The van der Waals surface area contributed by atoms with Gasteiger partial charge in [0, 0.05) is 25.6 Å². The molecule has 1 aliphatic carbocycles. The maximum atomic E-state index is 13.5. The molecular formula is C29H41N3O5S. The van der Waals surface area contributed by atoms with Crippen molar-refractivity contribution in [3.63, 3.8) is 0 Å². The molecule has 0 aliphatic heterocycles. The van der Waals surface area contributed by atoms with Crippen molar-refractivity contribution in [2.75, 3.05) is 23.7 Å². The highest BCUT2D eigenvalue weighted by Gasteiger charge is 2.28. The van der Waals surface area contributed by atoms with Crippen LogP contribution in [0.15, 0.2) is 48.5 Å². The Morgan fingerprint density at radius 1 is 1.11 bits per heavy atom. The van der Waals surface area contributed by atoms with Gasteiger partial charge in [0.2, 0.25) is 21.8 Å². The van der Waals surface area contributed by atoms with Crippen molar-refractivity contribution in [3.05, 3.63) is 59.7 Å². The molecule has 0 bridgehead atoms. The summed E-state index contributed by atoms with van der Waals surface area (Å²) < 4.78 is 31.8. The van der Waals surface area contributed by atoms with Crippen molar-refractivity contribution in [2.45, 2.75) is 77.9 Å². The average Bonchev–Trinajstić information content (AvgIpc) is 3.38. The Morgan fingerprint density at radius 2 is 1.79 bits per heavy atom. The SMILES string of the molecule is CCOc1ccc(N(CCCC(=O)N(Cc2cccc(C)c2)C(C)C(=O)NC2CCCC2)S(C)(=O)=O)cc1. The van der Waals surface area contributed by atoms with Gasteiger partial charge in [-0.05, 0) is 69.9 Å². The molecule has 38 heavy (non-hydrogen) atoms. The van der Waals surface area contributed by atoms with Crippen molar-refractivity contribution >= 4 is 27.5 Å². The van der Waals surface area contributed by atoms with E-state index in [1.807, 2.05) is 38.1 Å². The molecule has 3 rings (SSSR count). The summed E-state index contributed by atoms with van der Waals surface area (Å²) in [6.45, 7) is 6.63. The minimum absolute atomic E-state index is 0.121. The number of hydrogen-bond donors (Lipinski definition) is 1. The van der Waals surface area contributed by atoms with E-state index in [4.69, 9.17) is 4.74 Å². The first-order valence-electron chi connectivity index (χ1n) is 13.4. The lowest BCUT2D eigenvalue weighted by Gasteiger charge is -2.30. The molecule has 2 amide bonds. The lowest BCUT2D eigenvalue weighted by atomic mass is 10.1. The van der Waals surface area contributed by atoms with Gasteiger partial charge in [-0.15, -0.1) is 0 Å². The van der Waals surface area contributed by atoms with Gasteiger partial charge in [-0.3, -0.25) is 13.9 Å². The Morgan fingerprint density at radius 3 is 2.39 bits per heavy atom. The highest BCUT2D eigenvalue weighted by molar-refractivity contribution is 7.92. The molecule has 0 radical (unpaired) electrons. The second-order valence-corrected chi connectivity index (χ2v) is 11.9. The number of carbonyl (C=O) groups is 2. The summed E-state index contributed by atoms with van der Waals surface area (Å²) in [6.07, 6.45) is 5.75. The maximum absolute atomic E-state index is 13.5. The number of hydrogen-bond acceptors (Lipinski definition) is 5. The van der Waals surface area contributed by atoms with Gasteiger partial charge in [0.25, 0.3) is 0 Å². The van der Waals surface area contributed by atoms with E-state index >= 15 is 0 Å². The summed E-state index contributed by atoms with van der Waals surface area (Å²) in [5, 5.41) is 3.11. The minimum atomic E-state index is -3.55. The molecule has 1 fully saturated rings. The maximum Gasteiger partial charge on any atom is 0.242 e. The van der Waals surface area contributed by atoms with E-state index in [9.17, 15) is 18.0 Å². The number of sulfonamides is 1.